The summed E-state index contributed by atoms with van der Waals surface area (Å²) in [5, 5.41) is 11.1. The molecule has 0 aromatic rings. The Bertz CT molecular complexity index is 391. The van der Waals surface area contributed by atoms with Crippen LogP contribution in [-0.4, -0.2) is 34.5 Å². The van der Waals surface area contributed by atoms with Crippen molar-refractivity contribution in [3.8, 4) is 0 Å². The second kappa shape index (κ2) is 6.72. The molecular formula is C13H22BrNO6. The van der Waals surface area contributed by atoms with Crippen molar-refractivity contribution in [2.24, 2.45) is 10.8 Å². The van der Waals surface area contributed by atoms with Gasteiger partial charge in [0.15, 0.2) is 13.2 Å². The molecule has 122 valence electrons. The first kappa shape index (κ1) is 19.8. The SMILES string of the molecule is CC(C)(C)C(=O)OCC(Br)(COC(=O)C(C)(C)C)[N+](=O)[O-]. The van der Waals surface area contributed by atoms with E-state index in [1.807, 2.05) is 0 Å². The molecule has 8 heteroatoms. The number of alkyl halides is 1. The average molecular weight is 368 g/mol. The summed E-state index contributed by atoms with van der Waals surface area (Å²) >= 11 is 2.89. The van der Waals surface area contributed by atoms with Crippen molar-refractivity contribution >= 4 is 27.9 Å². The van der Waals surface area contributed by atoms with Crippen molar-refractivity contribution in [3.63, 3.8) is 0 Å². The molecule has 0 atom stereocenters. The van der Waals surface area contributed by atoms with Gasteiger partial charge in [-0.1, -0.05) is 0 Å². The normalized spacial score (nSPS) is 12.7. The van der Waals surface area contributed by atoms with E-state index in [4.69, 9.17) is 9.47 Å². The van der Waals surface area contributed by atoms with Gasteiger partial charge in [0, 0.05) is 20.9 Å². The van der Waals surface area contributed by atoms with E-state index in [0.717, 1.165) is 0 Å². The van der Waals surface area contributed by atoms with Gasteiger partial charge >= 0.3 is 16.4 Å². The lowest BCUT2D eigenvalue weighted by Crippen LogP contribution is -2.44. The first-order chi connectivity index (χ1) is 9.20. The van der Waals surface area contributed by atoms with Gasteiger partial charge in [0.05, 0.1) is 10.8 Å². The number of carbonyl (C=O) groups is 2. The molecule has 0 aliphatic carbocycles. The Morgan fingerprint density at radius 3 is 1.43 bits per heavy atom. The van der Waals surface area contributed by atoms with Crippen LogP contribution < -0.4 is 0 Å². The molecular weight excluding hydrogens is 346 g/mol. The lowest BCUT2D eigenvalue weighted by molar-refractivity contribution is -0.541. The van der Waals surface area contributed by atoms with E-state index in [1.165, 1.54) is 0 Å². The van der Waals surface area contributed by atoms with Crippen LogP contribution >= 0.6 is 15.9 Å². The molecule has 0 radical (unpaired) electrons. The van der Waals surface area contributed by atoms with E-state index < -0.39 is 45.4 Å². The van der Waals surface area contributed by atoms with Crippen molar-refractivity contribution in [3.05, 3.63) is 10.1 Å². The van der Waals surface area contributed by atoms with E-state index >= 15 is 0 Å². The summed E-state index contributed by atoms with van der Waals surface area (Å²) < 4.78 is 8.01. The lowest BCUT2D eigenvalue weighted by Gasteiger charge is -2.23. The molecule has 0 saturated heterocycles. The molecule has 7 nitrogen and oxygen atoms in total. The molecule has 21 heavy (non-hydrogen) atoms. The minimum atomic E-state index is -1.85. The number of hydrogen-bond donors (Lipinski definition) is 0. The number of hydrogen-bond acceptors (Lipinski definition) is 6. The van der Waals surface area contributed by atoms with Crippen LogP contribution in [0.15, 0.2) is 0 Å². The maximum Gasteiger partial charge on any atom is 0.341 e. The van der Waals surface area contributed by atoms with Gasteiger partial charge in [-0.15, -0.1) is 0 Å². The van der Waals surface area contributed by atoms with Gasteiger partial charge < -0.3 is 9.47 Å². The fourth-order valence-electron chi connectivity index (χ4n) is 0.932. The quantitative estimate of drug-likeness (QED) is 0.243. The Balaban J connectivity index is 4.77. The number of nitro groups is 1. The third-order valence-corrected chi connectivity index (χ3v) is 3.15. The highest BCUT2D eigenvalue weighted by atomic mass is 79.9. The number of halogens is 1. The van der Waals surface area contributed by atoms with Gasteiger partial charge in [-0.05, 0) is 41.5 Å². The molecule has 0 fully saturated rings. The number of rotatable bonds is 5. The maximum absolute atomic E-state index is 11.7. The third kappa shape index (κ3) is 6.41. The van der Waals surface area contributed by atoms with E-state index in [-0.39, 0.29) is 0 Å². The Labute approximate surface area is 132 Å². The van der Waals surface area contributed by atoms with Crippen LogP contribution in [0.2, 0.25) is 0 Å². The zero-order valence-electron chi connectivity index (χ0n) is 13.2. The average Bonchev–Trinajstić information content (AvgIpc) is 2.30. The highest BCUT2D eigenvalue weighted by Gasteiger charge is 2.45. The van der Waals surface area contributed by atoms with Gasteiger partial charge in [-0.3, -0.25) is 19.7 Å². The van der Waals surface area contributed by atoms with Crippen LogP contribution in [0.5, 0.6) is 0 Å². The fourth-order valence-corrected chi connectivity index (χ4v) is 1.16. The predicted octanol–water partition coefficient (Wildman–Crippen LogP) is 2.53. The molecule has 0 N–H and O–H groups in total. The molecule has 0 amide bonds. The summed E-state index contributed by atoms with van der Waals surface area (Å²) in [6.07, 6.45) is 0. The smallest absolute Gasteiger partial charge is 0.341 e. The highest BCUT2D eigenvalue weighted by Crippen LogP contribution is 2.24. The van der Waals surface area contributed by atoms with Crippen LogP contribution in [0.1, 0.15) is 41.5 Å². The summed E-state index contributed by atoms with van der Waals surface area (Å²) in [6, 6.07) is 0. The number of carbonyl (C=O) groups excluding carboxylic acids is 2. The van der Waals surface area contributed by atoms with E-state index in [1.54, 1.807) is 41.5 Å². The Kier molecular flexibility index (Phi) is 6.34. The molecule has 0 unspecified atom stereocenters. The van der Waals surface area contributed by atoms with Crippen molar-refractivity contribution in [1.82, 2.24) is 0 Å². The first-order valence-corrected chi connectivity index (χ1v) is 7.17. The highest BCUT2D eigenvalue weighted by molar-refractivity contribution is 9.10. The van der Waals surface area contributed by atoms with Crippen molar-refractivity contribution < 1.29 is 24.0 Å². The van der Waals surface area contributed by atoms with Gasteiger partial charge in [0.25, 0.3) is 0 Å². The molecule has 0 aromatic carbocycles. The molecule has 0 aromatic heterocycles. The lowest BCUT2D eigenvalue weighted by atomic mass is 9.97. The molecule has 0 rings (SSSR count). The van der Waals surface area contributed by atoms with Crippen molar-refractivity contribution in [2.45, 2.75) is 46.0 Å². The molecule has 0 heterocycles. The summed E-state index contributed by atoms with van der Waals surface area (Å²) in [7, 11) is 0. The maximum atomic E-state index is 11.7. The summed E-state index contributed by atoms with van der Waals surface area (Å²) in [5.41, 5.74) is -1.54. The number of nitrogens with zero attached hydrogens (tertiary/aromatic N) is 1. The van der Waals surface area contributed by atoms with Crippen LogP contribution in [0.25, 0.3) is 0 Å². The second-order valence-corrected chi connectivity index (χ2v) is 8.30. The Morgan fingerprint density at radius 1 is 0.952 bits per heavy atom. The van der Waals surface area contributed by atoms with Crippen LogP contribution in [0.3, 0.4) is 0 Å². The van der Waals surface area contributed by atoms with Crippen molar-refractivity contribution in [2.75, 3.05) is 13.2 Å². The largest absolute Gasteiger partial charge is 0.456 e. The van der Waals surface area contributed by atoms with Crippen LogP contribution in [0, 0.1) is 20.9 Å². The number of ether oxygens (including phenoxy) is 2. The fraction of sp³-hybridized carbons (Fsp3) is 0.846. The summed E-state index contributed by atoms with van der Waals surface area (Å²) in [4.78, 5) is 33.8. The third-order valence-electron chi connectivity index (χ3n) is 2.40. The van der Waals surface area contributed by atoms with Gasteiger partial charge in [-0.2, -0.15) is 0 Å². The van der Waals surface area contributed by atoms with E-state index in [2.05, 4.69) is 15.9 Å². The predicted molar refractivity (Wildman–Crippen MR) is 79.5 cm³/mol. The first-order valence-electron chi connectivity index (χ1n) is 6.38. The monoisotopic (exact) mass is 367 g/mol. The zero-order valence-corrected chi connectivity index (χ0v) is 14.8. The van der Waals surface area contributed by atoms with Crippen LogP contribution in [-0.2, 0) is 19.1 Å². The topological polar surface area (TPSA) is 95.7 Å². The summed E-state index contributed by atoms with van der Waals surface area (Å²) in [6.45, 7) is 8.75. The minimum Gasteiger partial charge on any atom is -0.456 e. The molecule has 0 bridgehead atoms. The molecule has 0 spiro atoms. The van der Waals surface area contributed by atoms with Crippen molar-refractivity contribution in [1.29, 1.82) is 0 Å². The molecule has 0 aliphatic rings. The van der Waals surface area contributed by atoms with Gasteiger partial charge in [0.1, 0.15) is 0 Å². The van der Waals surface area contributed by atoms with Crippen LogP contribution in [0.4, 0.5) is 0 Å². The van der Waals surface area contributed by atoms with Gasteiger partial charge in [-0.25, -0.2) is 0 Å². The Morgan fingerprint density at radius 2 is 1.24 bits per heavy atom. The van der Waals surface area contributed by atoms with E-state index in [0.29, 0.717) is 0 Å². The second-order valence-electron chi connectivity index (χ2n) is 6.83. The van der Waals surface area contributed by atoms with E-state index in [9.17, 15) is 19.7 Å². The Hall–Kier alpha value is -1.18. The van der Waals surface area contributed by atoms with Gasteiger partial charge in [0.2, 0.25) is 0 Å². The standard InChI is InChI=1S/C13H22BrNO6/c1-11(2,3)9(16)20-7-13(14,15(18)19)8-21-10(17)12(4,5)6/h7-8H2,1-6H3. The minimum absolute atomic E-state index is 0.534. The number of esters is 2. The zero-order chi connectivity index (χ0) is 17.1. The molecule has 0 saturated carbocycles. The summed E-state index contributed by atoms with van der Waals surface area (Å²) in [5.74, 6) is -1.15. The molecule has 0 aliphatic heterocycles.